The fraction of sp³-hybridized carbons (Fsp3) is 0.645. The van der Waals surface area contributed by atoms with Crippen molar-refractivity contribution in [3.05, 3.63) is 35.9 Å². The van der Waals surface area contributed by atoms with Gasteiger partial charge in [-0.05, 0) is 19.4 Å². The number of hydrogen-bond donors (Lipinski definition) is 3. The first-order chi connectivity index (χ1) is 18.5. The van der Waals surface area contributed by atoms with E-state index in [0.29, 0.717) is 23.1 Å². The molecule has 0 aliphatic rings. The number of nitrogens with one attached hydrogen (secondary N) is 1. The molecule has 214 valence electrons. The first-order valence-corrected chi connectivity index (χ1v) is 16.0. The largest absolute Gasteiger partial charge is 0.506 e. The van der Waals surface area contributed by atoms with Gasteiger partial charge < -0.3 is 20.3 Å². The third-order valence-corrected chi connectivity index (χ3v) is 8.29. The summed E-state index contributed by atoms with van der Waals surface area (Å²) in [5, 5.41) is 24.3. The molecular formula is C31H49NO5S. The van der Waals surface area contributed by atoms with Crippen LogP contribution in [-0.4, -0.2) is 44.7 Å². The van der Waals surface area contributed by atoms with Crippen molar-refractivity contribution in [2.24, 2.45) is 0 Å². The third kappa shape index (κ3) is 11.7. The number of phenolic OH excluding ortho intramolecular Hbond substituents is 1. The van der Waals surface area contributed by atoms with Crippen LogP contribution < -0.4 is 10.1 Å². The van der Waals surface area contributed by atoms with E-state index in [9.17, 15) is 19.2 Å². The van der Waals surface area contributed by atoms with Crippen LogP contribution >= 0.6 is 0 Å². The number of carbonyl (C=O) groups is 1. The van der Waals surface area contributed by atoms with E-state index in [0.717, 1.165) is 12.8 Å². The summed E-state index contributed by atoms with van der Waals surface area (Å²) in [6.45, 7) is 4.43. The van der Waals surface area contributed by atoms with Crippen LogP contribution in [0, 0.1) is 0 Å². The maximum atomic E-state index is 12.9. The Labute approximate surface area is 232 Å². The van der Waals surface area contributed by atoms with Crippen molar-refractivity contribution in [2.45, 2.75) is 109 Å². The summed E-state index contributed by atoms with van der Waals surface area (Å²) in [6, 6.07) is 8.73. The monoisotopic (exact) mass is 547 g/mol. The number of fused-ring (bicyclic) bond motifs is 1. The lowest BCUT2D eigenvalue weighted by Crippen LogP contribution is -2.24. The zero-order chi connectivity index (χ0) is 27.6. The van der Waals surface area contributed by atoms with Crippen LogP contribution in [0.5, 0.6) is 11.5 Å². The minimum Gasteiger partial charge on any atom is -0.506 e. The molecule has 0 fully saturated rings. The van der Waals surface area contributed by atoms with Gasteiger partial charge in [0, 0.05) is 17.3 Å². The third-order valence-electron chi connectivity index (χ3n) is 6.96. The highest BCUT2D eigenvalue weighted by molar-refractivity contribution is 7.85. The molecule has 3 N–H and O–H groups in total. The van der Waals surface area contributed by atoms with Crippen LogP contribution in [0.25, 0.3) is 10.8 Å². The fourth-order valence-corrected chi connectivity index (χ4v) is 5.23. The number of aliphatic hydroxyl groups is 1. The van der Waals surface area contributed by atoms with E-state index in [2.05, 4.69) is 12.2 Å². The molecule has 2 aromatic rings. The number of carbonyl (C=O) groups excluding carboxylic acids is 1. The first kappa shape index (κ1) is 32.1. The average molecular weight is 548 g/mol. The van der Waals surface area contributed by atoms with E-state index in [-0.39, 0.29) is 29.6 Å². The second-order valence-electron chi connectivity index (χ2n) is 10.2. The highest BCUT2D eigenvalue weighted by Crippen LogP contribution is 2.36. The summed E-state index contributed by atoms with van der Waals surface area (Å²) < 4.78 is 17.6. The van der Waals surface area contributed by atoms with Crippen LogP contribution in [0.15, 0.2) is 30.3 Å². The number of aliphatic hydroxyl groups excluding tert-OH is 1. The van der Waals surface area contributed by atoms with Gasteiger partial charge in [0.05, 0.1) is 28.7 Å². The summed E-state index contributed by atoms with van der Waals surface area (Å²) in [7, 11) is -1.41. The standard InChI is InChI=1S/C31H49NO5S/c1-3-4-5-6-7-8-9-10-11-12-13-14-15-18-21-32-31(35)28-24-29(37-22-23-38(36)25(2)33)26-19-16-17-20-27(26)30(28)34/h16-17,19-20,24-25,33-34H,3-15,18,21-23H2,1-2H3,(H,32,35). The highest BCUT2D eigenvalue weighted by Gasteiger charge is 2.18. The Bertz CT molecular complexity index is 978. The smallest absolute Gasteiger partial charge is 0.255 e. The summed E-state index contributed by atoms with van der Waals surface area (Å²) in [5.41, 5.74) is -0.757. The molecule has 2 rings (SSSR count). The van der Waals surface area contributed by atoms with Crippen LogP contribution in [0.2, 0.25) is 0 Å². The molecule has 2 unspecified atom stereocenters. The maximum absolute atomic E-state index is 12.9. The SMILES string of the molecule is CCCCCCCCCCCCCCCCNC(=O)c1cc(OCCS(=O)C(C)O)c2ccccc2c1O. The van der Waals surface area contributed by atoms with E-state index in [4.69, 9.17) is 4.74 Å². The van der Waals surface area contributed by atoms with E-state index in [1.807, 2.05) is 12.1 Å². The van der Waals surface area contributed by atoms with Gasteiger partial charge in [0.15, 0.2) is 0 Å². The number of hydrogen-bond acceptors (Lipinski definition) is 5. The van der Waals surface area contributed by atoms with Crippen LogP contribution in [-0.2, 0) is 10.8 Å². The van der Waals surface area contributed by atoms with E-state index < -0.39 is 16.2 Å². The summed E-state index contributed by atoms with van der Waals surface area (Å²) in [4.78, 5) is 12.9. The van der Waals surface area contributed by atoms with Gasteiger partial charge in [-0.1, -0.05) is 115 Å². The topological polar surface area (TPSA) is 95.9 Å². The molecule has 0 aliphatic heterocycles. The Morgan fingerprint density at radius 1 is 0.895 bits per heavy atom. The molecule has 0 bridgehead atoms. The minimum absolute atomic E-state index is 0.0704. The Morgan fingerprint density at radius 2 is 1.42 bits per heavy atom. The number of amides is 1. The maximum Gasteiger partial charge on any atom is 0.255 e. The van der Waals surface area contributed by atoms with Crippen molar-refractivity contribution >= 4 is 27.5 Å². The molecule has 1 amide bonds. The van der Waals surface area contributed by atoms with Gasteiger partial charge in [-0.3, -0.25) is 9.00 Å². The highest BCUT2D eigenvalue weighted by atomic mass is 32.2. The summed E-state index contributed by atoms with van der Waals surface area (Å²) in [5.74, 6) is 0.218. The molecule has 0 radical (unpaired) electrons. The van der Waals surface area contributed by atoms with Crippen molar-refractivity contribution in [3.63, 3.8) is 0 Å². The van der Waals surface area contributed by atoms with E-state index >= 15 is 0 Å². The van der Waals surface area contributed by atoms with Crippen molar-refractivity contribution in [1.82, 2.24) is 5.32 Å². The van der Waals surface area contributed by atoms with Gasteiger partial charge in [-0.25, -0.2) is 0 Å². The van der Waals surface area contributed by atoms with Gasteiger partial charge in [0.2, 0.25) is 0 Å². The van der Waals surface area contributed by atoms with Crippen molar-refractivity contribution in [2.75, 3.05) is 18.9 Å². The summed E-state index contributed by atoms with van der Waals surface area (Å²) in [6.07, 6.45) is 18.0. The molecule has 2 atom stereocenters. The number of phenols is 1. The second kappa shape index (κ2) is 19.0. The Hall–Kier alpha value is -2.12. The molecule has 0 saturated carbocycles. The summed E-state index contributed by atoms with van der Waals surface area (Å²) >= 11 is 0. The van der Waals surface area contributed by atoms with E-state index in [1.165, 1.54) is 84.0 Å². The van der Waals surface area contributed by atoms with Gasteiger partial charge >= 0.3 is 0 Å². The average Bonchev–Trinajstić information content (AvgIpc) is 2.91. The lowest BCUT2D eigenvalue weighted by atomic mass is 10.0. The van der Waals surface area contributed by atoms with Gasteiger partial charge in [-0.2, -0.15) is 0 Å². The molecule has 0 spiro atoms. The van der Waals surface area contributed by atoms with Crippen molar-refractivity contribution in [1.29, 1.82) is 0 Å². The number of unbranched alkanes of at least 4 members (excludes halogenated alkanes) is 13. The molecule has 0 heterocycles. The number of rotatable bonds is 21. The lowest BCUT2D eigenvalue weighted by Gasteiger charge is -2.14. The predicted molar refractivity (Wildman–Crippen MR) is 158 cm³/mol. The number of aromatic hydroxyl groups is 1. The molecule has 0 aliphatic carbocycles. The molecule has 38 heavy (non-hydrogen) atoms. The number of ether oxygens (including phenoxy) is 1. The fourth-order valence-electron chi connectivity index (χ4n) is 4.64. The van der Waals surface area contributed by atoms with Gasteiger partial charge in [0.25, 0.3) is 5.91 Å². The van der Waals surface area contributed by atoms with Crippen LogP contribution in [0.3, 0.4) is 0 Å². The molecule has 2 aromatic carbocycles. The Kier molecular flexibility index (Phi) is 16.1. The zero-order valence-corrected chi connectivity index (χ0v) is 24.3. The quantitative estimate of drug-likeness (QED) is 0.143. The molecule has 7 heteroatoms. The minimum atomic E-state index is -1.41. The Balaban J connectivity index is 1.69. The molecular weight excluding hydrogens is 498 g/mol. The Morgan fingerprint density at radius 3 is 1.97 bits per heavy atom. The predicted octanol–water partition coefficient (Wildman–Crippen LogP) is 7.22. The lowest BCUT2D eigenvalue weighted by molar-refractivity contribution is 0.0950. The second-order valence-corrected chi connectivity index (χ2v) is 12.1. The van der Waals surface area contributed by atoms with E-state index in [1.54, 1.807) is 18.2 Å². The van der Waals surface area contributed by atoms with Crippen LogP contribution in [0.1, 0.15) is 114 Å². The normalized spacial score (nSPS) is 12.9. The van der Waals surface area contributed by atoms with Crippen LogP contribution in [0.4, 0.5) is 0 Å². The number of benzene rings is 2. The molecule has 0 aromatic heterocycles. The molecule has 0 saturated heterocycles. The first-order valence-electron chi connectivity index (χ1n) is 14.7. The zero-order valence-electron chi connectivity index (χ0n) is 23.5. The van der Waals surface area contributed by atoms with Gasteiger partial charge in [0.1, 0.15) is 16.9 Å². The van der Waals surface area contributed by atoms with Crippen molar-refractivity contribution < 1.29 is 24.0 Å². The van der Waals surface area contributed by atoms with Crippen molar-refractivity contribution in [3.8, 4) is 11.5 Å². The van der Waals surface area contributed by atoms with Gasteiger partial charge in [-0.15, -0.1) is 0 Å². The molecule has 6 nitrogen and oxygen atoms in total.